The van der Waals surface area contributed by atoms with Gasteiger partial charge in [0.15, 0.2) is 0 Å². The number of ether oxygens (including phenoxy) is 2. The molecule has 2 aliphatic rings. The zero-order valence-electron chi connectivity index (χ0n) is 19.1. The zero-order valence-corrected chi connectivity index (χ0v) is 19.9. The van der Waals surface area contributed by atoms with E-state index in [9.17, 15) is 4.39 Å². The van der Waals surface area contributed by atoms with E-state index in [2.05, 4.69) is 37.6 Å². The highest BCUT2D eigenvalue weighted by Crippen LogP contribution is 2.29. The summed E-state index contributed by atoms with van der Waals surface area (Å²) in [6.07, 6.45) is 4.91. The maximum Gasteiger partial charge on any atom is 0.237 e. The van der Waals surface area contributed by atoms with Gasteiger partial charge in [0.2, 0.25) is 11.8 Å². The molecule has 1 aliphatic carbocycles. The Hall–Kier alpha value is -2.16. The molecule has 2 N–H and O–H groups in total. The van der Waals surface area contributed by atoms with E-state index in [1.807, 2.05) is 12.1 Å². The van der Waals surface area contributed by atoms with Crippen molar-refractivity contribution in [2.75, 3.05) is 49.7 Å². The molecule has 1 aliphatic heterocycles. The number of hydrogen-bond acceptors (Lipinski definition) is 7. The number of morpholine rings is 1. The van der Waals surface area contributed by atoms with Crippen LogP contribution in [0.5, 0.6) is 5.88 Å². The minimum Gasteiger partial charge on any atom is -0.476 e. The summed E-state index contributed by atoms with van der Waals surface area (Å²) in [4.78, 5) is 11.1. The van der Waals surface area contributed by atoms with E-state index in [0.29, 0.717) is 42.0 Å². The van der Waals surface area contributed by atoms with Gasteiger partial charge in [0.25, 0.3) is 0 Å². The molecule has 9 heteroatoms. The van der Waals surface area contributed by atoms with Crippen molar-refractivity contribution < 1.29 is 13.9 Å². The van der Waals surface area contributed by atoms with Crippen LogP contribution in [-0.4, -0.2) is 61.6 Å². The minimum absolute atomic E-state index is 0.394. The molecule has 33 heavy (non-hydrogen) atoms. The fourth-order valence-corrected chi connectivity index (χ4v) is 4.45. The van der Waals surface area contributed by atoms with Crippen LogP contribution in [0.25, 0.3) is 0 Å². The van der Waals surface area contributed by atoms with E-state index in [1.54, 1.807) is 13.1 Å². The summed E-state index contributed by atoms with van der Waals surface area (Å²) < 4.78 is 24.5. The van der Waals surface area contributed by atoms with Gasteiger partial charge >= 0.3 is 0 Å². The Labute approximate surface area is 200 Å². The molecule has 0 radical (unpaired) electrons. The Morgan fingerprint density at radius 3 is 2.79 bits per heavy atom. The van der Waals surface area contributed by atoms with Gasteiger partial charge in [-0.15, -0.1) is 0 Å². The Kier molecular flexibility index (Phi) is 8.58. The minimum atomic E-state index is -0.810. The first-order valence-electron chi connectivity index (χ1n) is 11.8. The lowest BCUT2D eigenvalue weighted by Crippen LogP contribution is -2.37. The monoisotopic (exact) mass is 477 g/mol. The molecular weight excluding hydrogens is 445 g/mol. The van der Waals surface area contributed by atoms with E-state index in [0.717, 1.165) is 63.4 Å². The van der Waals surface area contributed by atoms with Crippen LogP contribution in [0.1, 0.15) is 32.6 Å². The number of halogens is 2. The molecule has 2 fully saturated rings. The van der Waals surface area contributed by atoms with Gasteiger partial charge in [0, 0.05) is 37.1 Å². The summed E-state index contributed by atoms with van der Waals surface area (Å²) in [7, 11) is 0. The van der Waals surface area contributed by atoms with Crippen LogP contribution in [0.3, 0.4) is 0 Å². The normalized spacial score (nSPS) is 22.1. The summed E-state index contributed by atoms with van der Waals surface area (Å²) in [5.41, 5.74) is 2.04. The predicted molar refractivity (Wildman–Crippen MR) is 130 cm³/mol. The second-order valence-corrected chi connectivity index (χ2v) is 9.25. The number of hydrogen-bond donors (Lipinski definition) is 2. The molecular formula is C24H33ClFN5O2. The van der Waals surface area contributed by atoms with Crippen molar-refractivity contribution in [3.8, 4) is 5.88 Å². The average Bonchev–Trinajstić information content (AvgIpc) is 2.84. The summed E-state index contributed by atoms with van der Waals surface area (Å²) in [6, 6.07) is 8.57. The molecule has 1 aromatic heterocycles. The zero-order chi connectivity index (χ0) is 23.0. The highest BCUT2D eigenvalue weighted by atomic mass is 35.5. The second kappa shape index (κ2) is 11.8. The fraction of sp³-hybridized carbons (Fsp3) is 0.583. The lowest BCUT2D eigenvalue weighted by atomic mass is 9.86. The van der Waals surface area contributed by atoms with E-state index in [1.165, 1.54) is 0 Å². The number of alkyl halides is 1. The summed E-state index contributed by atoms with van der Waals surface area (Å²) in [6.45, 7) is 5.82. The smallest absolute Gasteiger partial charge is 0.237 e. The third-order valence-electron chi connectivity index (χ3n) is 6.18. The summed E-state index contributed by atoms with van der Waals surface area (Å²) in [5.74, 6) is 1.28. The highest BCUT2D eigenvalue weighted by Gasteiger charge is 2.22. The lowest BCUT2D eigenvalue weighted by molar-refractivity contribution is 0.122. The molecule has 0 amide bonds. The molecule has 1 aromatic carbocycles. The maximum absolute atomic E-state index is 13.0. The topological polar surface area (TPSA) is 71.5 Å². The molecule has 2 heterocycles. The van der Waals surface area contributed by atoms with E-state index < -0.39 is 6.17 Å². The molecule has 2 aromatic rings. The first kappa shape index (κ1) is 24.0. The van der Waals surface area contributed by atoms with E-state index in [4.69, 9.17) is 21.1 Å². The van der Waals surface area contributed by atoms with Crippen molar-refractivity contribution in [2.45, 2.75) is 44.8 Å². The van der Waals surface area contributed by atoms with E-state index in [-0.39, 0.29) is 0 Å². The number of benzene rings is 1. The Balaban J connectivity index is 1.30. The third-order valence-corrected chi connectivity index (χ3v) is 6.44. The number of nitrogens with zero attached hydrogens (tertiary/aromatic N) is 3. The molecule has 0 bridgehead atoms. The van der Waals surface area contributed by atoms with Gasteiger partial charge < -0.3 is 25.0 Å². The van der Waals surface area contributed by atoms with Crippen molar-refractivity contribution in [3.05, 3.63) is 35.5 Å². The molecule has 7 nitrogen and oxygen atoms in total. The van der Waals surface area contributed by atoms with Crippen molar-refractivity contribution >= 4 is 28.9 Å². The maximum atomic E-state index is 13.0. The number of rotatable bonds is 9. The van der Waals surface area contributed by atoms with Crippen LogP contribution < -0.4 is 20.3 Å². The van der Waals surface area contributed by atoms with Crippen LogP contribution in [0.2, 0.25) is 5.02 Å². The Bertz CT molecular complexity index is 889. The van der Waals surface area contributed by atoms with Gasteiger partial charge in [-0.3, -0.25) is 0 Å². The van der Waals surface area contributed by atoms with Crippen LogP contribution in [0, 0.1) is 5.92 Å². The van der Waals surface area contributed by atoms with Gasteiger partial charge in [-0.25, -0.2) is 9.37 Å². The Morgan fingerprint density at radius 1 is 1.24 bits per heavy atom. The van der Waals surface area contributed by atoms with Gasteiger partial charge in [-0.1, -0.05) is 17.7 Å². The second-order valence-electron chi connectivity index (χ2n) is 8.84. The first-order valence-corrected chi connectivity index (χ1v) is 12.2. The summed E-state index contributed by atoms with van der Waals surface area (Å²) >= 11 is 6.30. The SMILES string of the molecule is CC(F)CNC1CCC(COc2nc(Nc3cccc(N4CCOCC4)c3)ncc2Cl)CC1. The quantitative estimate of drug-likeness (QED) is 0.547. The third kappa shape index (κ3) is 7.16. The van der Waals surface area contributed by atoms with E-state index >= 15 is 0 Å². The van der Waals surface area contributed by atoms with Crippen LogP contribution in [0.4, 0.5) is 21.7 Å². The Morgan fingerprint density at radius 2 is 2.03 bits per heavy atom. The summed E-state index contributed by atoms with van der Waals surface area (Å²) in [5, 5.41) is 6.96. The molecule has 1 saturated carbocycles. The van der Waals surface area contributed by atoms with Gasteiger partial charge in [-0.2, -0.15) is 4.98 Å². The molecule has 0 spiro atoms. The van der Waals surface area contributed by atoms with Gasteiger partial charge in [0.1, 0.15) is 11.2 Å². The largest absolute Gasteiger partial charge is 0.476 e. The van der Waals surface area contributed by atoms with Crippen LogP contribution in [0.15, 0.2) is 30.5 Å². The lowest BCUT2D eigenvalue weighted by Gasteiger charge is -2.29. The predicted octanol–water partition coefficient (Wildman–Crippen LogP) is 4.60. The first-order chi connectivity index (χ1) is 16.1. The van der Waals surface area contributed by atoms with Crippen molar-refractivity contribution in [1.82, 2.24) is 15.3 Å². The van der Waals surface area contributed by atoms with Crippen molar-refractivity contribution in [1.29, 1.82) is 0 Å². The van der Waals surface area contributed by atoms with Gasteiger partial charge in [-0.05, 0) is 56.7 Å². The molecule has 1 unspecified atom stereocenters. The molecule has 180 valence electrons. The van der Waals surface area contributed by atoms with Crippen LogP contribution >= 0.6 is 11.6 Å². The number of nitrogens with one attached hydrogen (secondary N) is 2. The number of anilines is 3. The van der Waals surface area contributed by atoms with Crippen LogP contribution in [-0.2, 0) is 4.74 Å². The molecule has 4 rings (SSSR count). The van der Waals surface area contributed by atoms with Crippen molar-refractivity contribution in [3.63, 3.8) is 0 Å². The highest BCUT2D eigenvalue weighted by molar-refractivity contribution is 6.31. The van der Waals surface area contributed by atoms with Gasteiger partial charge in [0.05, 0.1) is 26.0 Å². The molecule has 1 saturated heterocycles. The number of aromatic nitrogens is 2. The average molecular weight is 478 g/mol. The van der Waals surface area contributed by atoms with Crippen molar-refractivity contribution in [2.24, 2.45) is 5.92 Å². The molecule has 1 atom stereocenters. The standard InChI is InChI=1S/C24H33ClFN5O2/c1-17(26)14-27-19-7-5-18(6-8-19)16-33-23-22(25)15-28-24(30-23)29-20-3-2-4-21(13-20)31-9-11-32-12-10-31/h2-4,13,15,17-19,27H,5-12,14,16H2,1H3,(H,28,29,30). The fourth-order valence-electron chi connectivity index (χ4n) is 4.30.